The molecule has 19 heavy (non-hydrogen) atoms. The van der Waals surface area contributed by atoms with E-state index >= 15 is 0 Å². The molecule has 0 saturated carbocycles. The maximum absolute atomic E-state index is 12.1. The number of nitrogens with zero attached hydrogens (tertiary/aromatic N) is 1. The molecule has 0 radical (unpaired) electrons. The lowest BCUT2D eigenvalue weighted by molar-refractivity contribution is 0.0906. The number of carbonyl (C=O) groups excluding carboxylic acids is 1. The number of hydrogen-bond acceptors (Lipinski definition) is 2. The van der Waals surface area contributed by atoms with Crippen molar-refractivity contribution in [3.8, 4) is 0 Å². The maximum atomic E-state index is 12.1. The third-order valence-corrected chi connectivity index (χ3v) is 3.78. The van der Waals surface area contributed by atoms with Gasteiger partial charge in [0.2, 0.25) is 0 Å². The van der Waals surface area contributed by atoms with Gasteiger partial charge in [-0.25, -0.2) is 0 Å². The average Bonchev–Trinajstić information content (AvgIpc) is 2.71. The Labute approximate surface area is 115 Å². The van der Waals surface area contributed by atoms with Gasteiger partial charge in [0.05, 0.1) is 6.61 Å². The molecule has 1 aliphatic carbocycles. The van der Waals surface area contributed by atoms with Crippen molar-refractivity contribution in [2.45, 2.75) is 53.0 Å². The van der Waals surface area contributed by atoms with E-state index < -0.39 is 0 Å². The number of ether oxygens (including phenoxy) is 1. The fourth-order valence-electron chi connectivity index (χ4n) is 2.72. The topological polar surface area (TPSA) is 31.2 Å². The van der Waals surface area contributed by atoms with Crippen LogP contribution in [0.2, 0.25) is 0 Å². The summed E-state index contributed by atoms with van der Waals surface area (Å²) >= 11 is 0. The second-order valence-corrected chi connectivity index (χ2v) is 6.28. The Bertz CT molecular complexity index is 446. The number of Topliss-reactive ketones (excluding diaryl/α,β-unsaturated/α-hetero) is 1. The zero-order valence-electron chi connectivity index (χ0n) is 12.4. The summed E-state index contributed by atoms with van der Waals surface area (Å²) in [4.78, 5) is 12.1. The smallest absolute Gasteiger partial charge is 0.165 e. The third-order valence-electron chi connectivity index (χ3n) is 3.78. The summed E-state index contributed by atoms with van der Waals surface area (Å²) in [5.74, 6) is 0.289. The van der Waals surface area contributed by atoms with E-state index in [0.717, 1.165) is 38.2 Å². The van der Waals surface area contributed by atoms with Crippen LogP contribution in [0.25, 0.3) is 0 Å². The molecule has 0 bridgehead atoms. The highest BCUT2D eigenvalue weighted by Crippen LogP contribution is 2.35. The van der Waals surface area contributed by atoms with E-state index in [9.17, 15) is 4.79 Å². The van der Waals surface area contributed by atoms with Crippen molar-refractivity contribution in [3.63, 3.8) is 0 Å². The van der Waals surface area contributed by atoms with E-state index in [-0.39, 0.29) is 11.2 Å². The largest absolute Gasteiger partial charge is 0.380 e. The van der Waals surface area contributed by atoms with Gasteiger partial charge in [0.25, 0.3) is 0 Å². The Balaban J connectivity index is 1.98. The van der Waals surface area contributed by atoms with Crippen LogP contribution >= 0.6 is 0 Å². The first-order valence-electron chi connectivity index (χ1n) is 7.32. The normalized spacial score (nSPS) is 17.5. The van der Waals surface area contributed by atoms with Crippen LogP contribution in [-0.4, -0.2) is 23.6 Å². The second-order valence-electron chi connectivity index (χ2n) is 6.28. The van der Waals surface area contributed by atoms with Gasteiger partial charge in [-0.3, -0.25) is 4.79 Å². The highest BCUT2D eigenvalue weighted by molar-refractivity contribution is 5.98. The lowest BCUT2D eigenvalue weighted by atomic mass is 9.76. The molecule has 0 aromatic carbocycles. The van der Waals surface area contributed by atoms with Gasteiger partial charge in [-0.05, 0) is 24.3 Å². The molecule has 0 spiro atoms. The van der Waals surface area contributed by atoms with Gasteiger partial charge in [-0.1, -0.05) is 27.2 Å². The lowest BCUT2D eigenvalue weighted by Gasteiger charge is -2.29. The highest BCUT2D eigenvalue weighted by Gasteiger charge is 2.32. The van der Waals surface area contributed by atoms with Crippen molar-refractivity contribution >= 4 is 5.78 Å². The Kier molecular flexibility index (Phi) is 4.46. The van der Waals surface area contributed by atoms with Gasteiger partial charge in [-0.2, -0.15) is 0 Å². The number of fused-ring (bicyclic) bond motifs is 1. The van der Waals surface area contributed by atoms with Gasteiger partial charge in [0, 0.05) is 37.0 Å². The van der Waals surface area contributed by atoms with Crippen molar-refractivity contribution in [1.82, 2.24) is 4.57 Å². The van der Waals surface area contributed by atoms with Crippen LogP contribution < -0.4 is 0 Å². The maximum Gasteiger partial charge on any atom is 0.165 e. The number of aromatic nitrogens is 1. The van der Waals surface area contributed by atoms with Crippen LogP contribution in [0.1, 0.15) is 56.1 Å². The number of rotatable bonds is 6. The molecule has 0 saturated heterocycles. The third kappa shape index (κ3) is 3.47. The van der Waals surface area contributed by atoms with E-state index in [1.54, 1.807) is 0 Å². The predicted molar refractivity (Wildman–Crippen MR) is 76.6 cm³/mol. The molecule has 1 heterocycles. The van der Waals surface area contributed by atoms with E-state index in [4.69, 9.17) is 4.74 Å². The average molecular weight is 263 g/mol. The molecule has 3 heteroatoms. The van der Waals surface area contributed by atoms with Crippen LogP contribution in [0, 0.1) is 5.41 Å². The summed E-state index contributed by atoms with van der Waals surface area (Å²) in [5.41, 5.74) is 2.21. The molecule has 0 amide bonds. The monoisotopic (exact) mass is 263 g/mol. The van der Waals surface area contributed by atoms with E-state index in [1.165, 1.54) is 12.1 Å². The molecule has 0 atom stereocenters. The van der Waals surface area contributed by atoms with Crippen molar-refractivity contribution in [3.05, 3.63) is 23.5 Å². The number of hydrogen-bond donors (Lipinski definition) is 0. The minimum Gasteiger partial charge on any atom is -0.380 e. The van der Waals surface area contributed by atoms with Gasteiger partial charge >= 0.3 is 0 Å². The number of ketones is 1. The number of unbranched alkanes of at least 4 members (excludes halogenated alkanes) is 1. The Hall–Kier alpha value is -1.09. The summed E-state index contributed by atoms with van der Waals surface area (Å²) in [6, 6.07) is 1.97. The molecule has 3 nitrogen and oxygen atoms in total. The molecule has 0 N–H and O–H groups in total. The highest BCUT2D eigenvalue weighted by atomic mass is 16.5. The summed E-state index contributed by atoms with van der Waals surface area (Å²) in [7, 11) is 0. The lowest BCUT2D eigenvalue weighted by Crippen LogP contribution is -2.28. The molecule has 0 fully saturated rings. The second kappa shape index (κ2) is 5.91. The summed E-state index contributed by atoms with van der Waals surface area (Å²) < 4.78 is 7.81. The number of carbonyl (C=O) groups is 1. The van der Waals surface area contributed by atoms with Gasteiger partial charge < -0.3 is 9.30 Å². The SMILES string of the molecule is CCCCOCCn1ccc2c1CC(C)(C)CC2=O. The fraction of sp³-hybridized carbons (Fsp3) is 0.688. The van der Waals surface area contributed by atoms with Crippen LogP contribution in [-0.2, 0) is 17.7 Å². The molecule has 1 aromatic heterocycles. The van der Waals surface area contributed by atoms with Crippen molar-refractivity contribution < 1.29 is 9.53 Å². The standard InChI is InChI=1S/C16H25NO2/c1-4-5-9-19-10-8-17-7-6-13-14(17)11-16(2,3)12-15(13)18/h6-7H,4-5,8-12H2,1-3H3. The minimum atomic E-state index is 0.0866. The molecule has 0 unspecified atom stereocenters. The van der Waals surface area contributed by atoms with Crippen LogP contribution in [0.4, 0.5) is 0 Å². The quantitative estimate of drug-likeness (QED) is 0.736. The minimum absolute atomic E-state index is 0.0866. The van der Waals surface area contributed by atoms with Crippen molar-refractivity contribution in [1.29, 1.82) is 0 Å². The summed E-state index contributed by atoms with van der Waals surface area (Å²) in [6.45, 7) is 8.92. The molecular formula is C16H25NO2. The van der Waals surface area contributed by atoms with Crippen LogP contribution in [0.3, 0.4) is 0 Å². The first-order chi connectivity index (χ1) is 9.03. The molecule has 2 rings (SSSR count). The van der Waals surface area contributed by atoms with Gasteiger partial charge in [-0.15, -0.1) is 0 Å². The van der Waals surface area contributed by atoms with E-state index in [0.29, 0.717) is 6.42 Å². The Morgan fingerprint density at radius 3 is 2.84 bits per heavy atom. The Morgan fingerprint density at radius 1 is 1.32 bits per heavy atom. The summed E-state index contributed by atoms with van der Waals surface area (Å²) in [5, 5.41) is 0. The summed E-state index contributed by atoms with van der Waals surface area (Å²) in [6.07, 6.45) is 5.97. The van der Waals surface area contributed by atoms with Crippen molar-refractivity contribution in [2.24, 2.45) is 5.41 Å². The fourth-order valence-corrected chi connectivity index (χ4v) is 2.72. The molecule has 0 aliphatic heterocycles. The molecular weight excluding hydrogens is 238 g/mol. The first-order valence-corrected chi connectivity index (χ1v) is 7.32. The van der Waals surface area contributed by atoms with Gasteiger partial charge in [0.15, 0.2) is 5.78 Å². The predicted octanol–water partition coefficient (Wildman–Crippen LogP) is 3.46. The van der Waals surface area contributed by atoms with Crippen LogP contribution in [0.5, 0.6) is 0 Å². The zero-order valence-corrected chi connectivity index (χ0v) is 12.4. The molecule has 1 aromatic rings. The Morgan fingerprint density at radius 2 is 2.11 bits per heavy atom. The van der Waals surface area contributed by atoms with Crippen LogP contribution in [0.15, 0.2) is 12.3 Å². The van der Waals surface area contributed by atoms with E-state index in [2.05, 4.69) is 25.3 Å². The zero-order chi connectivity index (χ0) is 13.9. The van der Waals surface area contributed by atoms with Crippen molar-refractivity contribution in [2.75, 3.05) is 13.2 Å². The molecule has 1 aliphatic rings. The van der Waals surface area contributed by atoms with E-state index in [1.807, 2.05) is 12.3 Å². The van der Waals surface area contributed by atoms with Gasteiger partial charge in [0.1, 0.15) is 0 Å². The first kappa shape index (κ1) is 14.3. The molecule has 106 valence electrons.